The second-order valence-electron chi connectivity index (χ2n) is 6.96. The van der Waals surface area contributed by atoms with E-state index in [0.29, 0.717) is 5.88 Å². The predicted octanol–water partition coefficient (Wildman–Crippen LogP) is 2.24. The van der Waals surface area contributed by atoms with Crippen LogP contribution in [0.1, 0.15) is 52.2 Å². The number of hydrogen-bond acceptors (Lipinski definition) is 5. The Bertz CT molecular complexity index is 539. The minimum atomic E-state index is -0.413. The minimum absolute atomic E-state index is 0.0461. The first-order valence-corrected chi connectivity index (χ1v) is 7.85. The van der Waals surface area contributed by atoms with Gasteiger partial charge >= 0.3 is 7.12 Å². The van der Waals surface area contributed by atoms with Crippen LogP contribution in [0.15, 0.2) is 12.3 Å². The van der Waals surface area contributed by atoms with Crippen LogP contribution in [0.4, 0.5) is 0 Å². The summed E-state index contributed by atoms with van der Waals surface area (Å²) < 4.78 is 23.4. The quantitative estimate of drug-likeness (QED) is 0.802. The highest BCUT2D eigenvalue weighted by Gasteiger charge is 2.52. The number of methoxy groups -OCH3 is 1. The average molecular weight is 305 g/mol. The summed E-state index contributed by atoms with van der Waals surface area (Å²) in [6.45, 7) is 8.97. The standard InChI is InChI=1S/C16H24BNO4/c1-15(2)16(3,4)22-17(21-15)11-9-12(13-7-6-8-20-13)14(19-5)18-10-11/h9-10,13H,6-8H2,1-5H3. The molecule has 0 bridgehead atoms. The van der Waals surface area contributed by atoms with Crippen LogP contribution in [0.25, 0.3) is 0 Å². The van der Waals surface area contributed by atoms with Gasteiger partial charge in [-0.3, -0.25) is 0 Å². The minimum Gasteiger partial charge on any atom is -0.481 e. The zero-order chi connectivity index (χ0) is 16.0. The molecule has 2 saturated heterocycles. The van der Waals surface area contributed by atoms with E-state index in [0.717, 1.165) is 30.5 Å². The molecule has 1 atom stereocenters. The van der Waals surface area contributed by atoms with Crippen LogP contribution < -0.4 is 10.2 Å². The fourth-order valence-corrected chi connectivity index (χ4v) is 2.82. The van der Waals surface area contributed by atoms with E-state index in [1.807, 2.05) is 33.8 Å². The monoisotopic (exact) mass is 305 g/mol. The van der Waals surface area contributed by atoms with E-state index >= 15 is 0 Å². The molecule has 1 aromatic rings. The number of ether oxygens (including phenoxy) is 2. The summed E-state index contributed by atoms with van der Waals surface area (Å²) in [4.78, 5) is 4.42. The van der Waals surface area contributed by atoms with Crippen LogP contribution in [0, 0.1) is 0 Å². The molecule has 1 unspecified atom stereocenters. The summed E-state index contributed by atoms with van der Waals surface area (Å²) in [5, 5.41) is 0. The van der Waals surface area contributed by atoms with Gasteiger partial charge in [0, 0.05) is 23.8 Å². The van der Waals surface area contributed by atoms with Gasteiger partial charge in [-0.1, -0.05) is 0 Å². The Kier molecular flexibility index (Phi) is 3.95. The maximum Gasteiger partial charge on any atom is 0.496 e. The molecule has 0 aromatic carbocycles. The zero-order valence-corrected chi connectivity index (χ0v) is 14.0. The van der Waals surface area contributed by atoms with Crippen LogP contribution in [0.3, 0.4) is 0 Å². The summed E-state index contributed by atoms with van der Waals surface area (Å²) in [6, 6.07) is 2.05. The molecule has 6 heteroatoms. The van der Waals surface area contributed by atoms with Crippen LogP contribution in [-0.2, 0) is 14.0 Å². The van der Waals surface area contributed by atoms with E-state index < -0.39 is 7.12 Å². The first kappa shape index (κ1) is 15.8. The van der Waals surface area contributed by atoms with E-state index in [1.54, 1.807) is 13.3 Å². The lowest BCUT2D eigenvalue weighted by Gasteiger charge is -2.32. The Morgan fingerprint density at radius 3 is 2.45 bits per heavy atom. The zero-order valence-electron chi connectivity index (χ0n) is 14.0. The maximum atomic E-state index is 6.10. The normalized spacial score (nSPS) is 26.4. The fraction of sp³-hybridized carbons (Fsp3) is 0.688. The molecule has 0 spiro atoms. The third-order valence-electron chi connectivity index (χ3n) is 4.90. The van der Waals surface area contributed by atoms with Crippen LogP contribution in [0.5, 0.6) is 5.88 Å². The largest absolute Gasteiger partial charge is 0.496 e. The topological polar surface area (TPSA) is 49.8 Å². The number of pyridine rings is 1. The summed E-state index contributed by atoms with van der Waals surface area (Å²) in [5.41, 5.74) is 1.17. The smallest absolute Gasteiger partial charge is 0.481 e. The summed E-state index contributed by atoms with van der Waals surface area (Å²) >= 11 is 0. The Morgan fingerprint density at radius 2 is 1.91 bits per heavy atom. The van der Waals surface area contributed by atoms with Gasteiger partial charge in [-0.25, -0.2) is 4.98 Å². The lowest BCUT2D eigenvalue weighted by molar-refractivity contribution is 0.00578. The molecular formula is C16H24BNO4. The molecule has 0 amide bonds. The van der Waals surface area contributed by atoms with Crippen LogP contribution in [-0.4, -0.2) is 37.0 Å². The molecule has 0 N–H and O–H groups in total. The van der Waals surface area contributed by atoms with Crippen molar-refractivity contribution in [3.63, 3.8) is 0 Å². The van der Waals surface area contributed by atoms with Gasteiger partial charge in [0.2, 0.25) is 5.88 Å². The Morgan fingerprint density at radius 1 is 1.23 bits per heavy atom. The second kappa shape index (κ2) is 5.51. The van der Waals surface area contributed by atoms with E-state index in [-0.39, 0.29) is 17.3 Å². The van der Waals surface area contributed by atoms with Crippen molar-refractivity contribution in [3.8, 4) is 5.88 Å². The second-order valence-corrected chi connectivity index (χ2v) is 6.96. The molecular weight excluding hydrogens is 281 g/mol. The van der Waals surface area contributed by atoms with Crippen molar-refractivity contribution in [1.29, 1.82) is 0 Å². The van der Waals surface area contributed by atoms with Gasteiger partial charge in [-0.05, 0) is 46.6 Å². The van der Waals surface area contributed by atoms with Crippen molar-refractivity contribution >= 4 is 12.6 Å². The molecule has 1 aromatic heterocycles. The highest BCUT2D eigenvalue weighted by molar-refractivity contribution is 6.62. The van der Waals surface area contributed by atoms with Gasteiger partial charge in [0.25, 0.3) is 0 Å². The van der Waals surface area contributed by atoms with Crippen LogP contribution in [0.2, 0.25) is 0 Å². The van der Waals surface area contributed by atoms with Gasteiger partial charge in [0.05, 0.1) is 24.4 Å². The van der Waals surface area contributed by atoms with Gasteiger partial charge in [0.15, 0.2) is 0 Å². The summed E-state index contributed by atoms with van der Waals surface area (Å²) in [6.07, 6.45) is 3.86. The van der Waals surface area contributed by atoms with E-state index in [4.69, 9.17) is 18.8 Å². The maximum absolute atomic E-state index is 6.10. The molecule has 2 aliphatic rings. The lowest BCUT2D eigenvalue weighted by Crippen LogP contribution is -2.41. The predicted molar refractivity (Wildman–Crippen MR) is 84.4 cm³/mol. The molecule has 2 fully saturated rings. The Labute approximate surface area is 132 Å². The van der Waals surface area contributed by atoms with Crippen molar-refractivity contribution in [3.05, 3.63) is 17.8 Å². The third kappa shape index (κ3) is 2.64. The third-order valence-corrected chi connectivity index (χ3v) is 4.90. The van der Waals surface area contributed by atoms with Crippen molar-refractivity contribution < 1.29 is 18.8 Å². The summed E-state index contributed by atoms with van der Waals surface area (Å²) in [5.74, 6) is 0.618. The molecule has 0 saturated carbocycles. The first-order valence-electron chi connectivity index (χ1n) is 7.85. The number of hydrogen-bond donors (Lipinski definition) is 0. The van der Waals surface area contributed by atoms with Crippen molar-refractivity contribution in [2.45, 2.75) is 57.8 Å². The number of aromatic nitrogens is 1. The van der Waals surface area contributed by atoms with E-state index in [9.17, 15) is 0 Å². The fourth-order valence-electron chi connectivity index (χ4n) is 2.82. The lowest BCUT2D eigenvalue weighted by atomic mass is 9.79. The molecule has 2 aliphatic heterocycles. The van der Waals surface area contributed by atoms with E-state index in [2.05, 4.69) is 4.98 Å². The number of nitrogens with zero attached hydrogens (tertiary/aromatic N) is 1. The average Bonchev–Trinajstić information content (AvgIpc) is 3.05. The highest BCUT2D eigenvalue weighted by atomic mass is 16.7. The van der Waals surface area contributed by atoms with Gasteiger partial charge in [-0.15, -0.1) is 0 Å². The SMILES string of the molecule is COc1ncc(B2OC(C)(C)C(C)(C)O2)cc1C1CCCO1. The molecule has 5 nitrogen and oxygen atoms in total. The molecule has 0 aliphatic carbocycles. The number of rotatable bonds is 3. The van der Waals surface area contributed by atoms with Gasteiger partial charge in [0.1, 0.15) is 0 Å². The van der Waals surface area contributed by atoms with Crippen LogP contribution >= 0.6 is 0 Å². The van der Waals surface area contributed by atoms with Crippen molar-refractivity contribution in [2.75, 3.05) is 13.7 Å². The van der Waals surface area contributed by atoms with Crippen molar-refractivity contribution in [1.82, 2.24) is 4.98 Å². The molecule has 0 radical (unpaired) electrons. The molecule has 120 valence electrons. The molecule has 3 heterocycles. The highest BCUT2D eigenvalue weighted by Crippen LogP contribution is 2.37. The van der Waals surface area contributed by atoms with Gasteiger partial charge in [-0.2, -0.15) is 0 Å². The van der Waals surface area contributed by atoms with E-state index in [1.165, 1.54) is 0 Å². The summed E-state index contributed by atoms with van der Waals surface area (Å²) in [7, 11) is 1.22. The van der Waals surface area contributed by atoms with Gasteiger partial charge < -0.3 is 18.8 Å². The van der Waals surface area contributed by atoms with Crippen molar-refractivity contribution in [2.24, 2.45) is 0 Å². The first-order chi connectivity index (χ1) is 10.3. The molecule has 3 rings (SSSR count). The molecule has 22 heavy (non-hydrogen) atoms. The Balaban J connectivity index is 1.91. The Hall–Kier alpha value is -1.11.